The molecule has 5 nitrogen and oxygen atoms in total. The van der Waals surface area contributed by atoms with Crippen molar-refractivity contribution < 1.29 is 19.1 Å². The number of benzene rings is 2. The average molecular weight is 376 g/mol. The number of ether oxygens (including phenoxy) is 2. The molecule has 26 heavy (non-hydrogen) atoms. The maximum Gasteiger partial charge on any atom is 0.338 e. The molecule has 2 aromatic rings. The molecule has 0 unspecified atom stereocenters. The van der Waals surface area contributed by atoms with Crippen LogP contribution in [-0.2, 0) is 9.53 Å². The zero-order valence-corrected chi connectivity index (χ0v) is 16.2. The number of amides is 1. The van der Waals surface area contributed by atoms with Crippen LogP contribution in [0.5, 0.6) is 5.75 Å². The summed E-state index contributed by atoms with van der Waals surface area (Å²) in [5.74, 6) is -0.192. The van der Waals surface area contributed by atoms with E-state index in [1.165, 1.54) is 7.11 Å². The van der Waals surface area contributed by atoms with Gasteiger partial charge in [0.2, 0.25) is 0 Å². The second-order valence-corrected chi connectivity index (χ2v) is 6.47. The first-order valence-corrected chi connectivity index (χ1v) is 8.54. The normalized spacial score (nSPS) is 11.6. The molecule has 1 atom stereocenters. The van der Waals surface area contributed by atoms with Crippen LogP contribution < -0.4 is 10.1 Å². The van der Waals surface area contributed by atoms with Crippen LogP contribution in [-0.4, -0.2) is 25.1 Å². The van der Waals surface area contributed by atoms with E-state index >= 15 is 0 Å². The minimum Gasteiger partial charge on any atom is -0.481 e. The van der Waals surface area contributed by atoms with E-state index in [1.807, 2.05) is 13.8 Å². The Morgan fingerprint density at radius 3 is 2.31 bits per heavy atom. The van der Waals surface area contributed by atoms with Crippen molar-refractivity contribution in [2.75, 3.05) is 12.4 Å². The lowest BCUT2D eigenvalue weighted by Crippen LogP contribution is -2.30. The Bertz CT molecular complexity index is 825. The summed E-state index contributed by atoms with van der Waals surface area (Å²) in [5.41, 5.74) is 3.35. The SMILES string of the molecule is COC(=O)c1cccc(NC(=O)[C@@H](C)Oc2cc(C)c(Cl)c(C)c2)c1C. The molecule has 0 spiro atoms. The molecule has 0 fully saturated rings. The highest BCUT2D eigenvalue weighted by Crippen LogP contribution is 2.27. The van der Waals surface area contributed by atoms with Crippen molar-refractivity contribution in [2.24, 2.45) is 0 Å². The zero-order valence-electron chi connectivity index (χ0n) is 15.5. The van der Waals surface area contributed by atoms with E-state index in [-0.39, 0.29) is 5.91 Å². The first-order chi connectivity index (χ1) is 12.2. The maximum absolute atomic E-state index is 12.5. The van der Waals surface area contributed by atoms with Crippen molar-refractivity contribution in [3.8, 4) is 5.75 Å². The van der Waals surface area contributed by atoms with Gasteiger partial charge in [-0.25, -0.2) is 4.79 Å². The largest absolute Gasteiger partial charge is 0.481 e. The molecule has 0 aliphatic rings. The highest BCUT2D eigenvalue weighted by atomic mass is 35.5. The van der Waals surface area contributed by atoms with Gasteiger partial charge in [-0.15, -0.1) is 0 Å². The summed E-state index contributed by atoms with van der Waals surface area (Å²) in [7, 11) is 1.32. The maximum atomic E-state index is 12.5. The van der Waals surface area contributed by atoms with Gasteiger partial charge in [0, 0.05) is 10.7 Å². The van der Waals surface area contributed by atoms with E-state index in [1.54, 1.807) is 44.2 Å². The Morgan fingerprint density at radius 2 is 1.73 bits per heavy atom. The minimum absolute atomic E-state index is 0.319. The molecule has 0 bridgehead atoms. The number of aryl methyl sites for hydroxylation is 2. The third kappa shape index (κ3) is 4.35. The van der Waals surface area contributed by atoms with Crippen LogP contribution in [0.25, 0.3) is 0 Å². The number of methoxy groups -OCH3 is 1. The first kappa shape index (κ1) is 19.8. The fraction of sp³-hybridized carbons (Fsp3) is 0.300. The molecule has 0 saturated heterocycles. The van der Waals surface area contributed by atoms with Gasteiger partial charge in [-0.2, -0.15) is 0 Å². The van der Waals surface area contributed by atoms with E-state index in [0.29, 0.717) is 27.6 Å². The highest BCUT2D eigenvalue weighted by molar-refractivity contribution is 6.32. The molecule has 1 amide bonds. The molecule has 2 aromatic carbocycles. The summed E-state index contributed by atoms with van der Waals surface area (Å²) in [5, 5.41) is 3.48. The summed E-state index contributed by atoms with van der Waals surface area (Å²) < 4.78 is 10.5. The van der Waals surface area contributed by atoms with Crippen LogP contribution >= 0.6 is 11.6 Å². The topological polar surface area (TPSA) is 64.6 Å². The zero-order chi connectivity index (χ0) is 19.4. The molecular formula is C20H22ClNO4. The summed E-state index contributed by atoms with van der Waals surface area (Å²) in [4.78, 5) is 24.2. The number of nitrogens with one attached hydrogen (secondary N) is 1. The van der Waals surface area contributed by atoms with Crippen LogP contribution in [0.3, 0.4) is 0 Å². The number of rotatable bonds is 5. The molecule has 0 aliphatic carbocycles. The van der Waals surface area contributed by atoms with Crippen LogP contribution in [0.1, 0.15) is 34.0 Å². The Kier molecular flexibility index (Phi) is 6.27. The Hall–Kier alpha value is -2.53. The lowest BCUT2D eigenvalue weighted by molar-refractivity contribution is -0.122. The molecule has 0 saturated carbocycles. The van der Waals surface area contributed by atoms with E-state index < -0.39 is 12.1 Å². The van der Waals surface area contributed by atoms with Crippen molar-refractivity contribution in [3.05, 3.63) is 57.6 Å². The standard InChI is InChI=1S/C20H22ClNO4/c1-11-9-15(10-12(2)18(11)21)26-14(4)19(23)22-17-8-6-7-16(13(17)3)20(24)25-5/h6-10,14H,1-5H3,(H,22,23)/t14-/m1/s1. The van der Waals surface area contributed by atoms with Crippen molar-refractivity contribution in [2.45, 2.75) is 33.8 Å². The van der Waals surface area contributed by atoms with E-state index in [2.05, 4.69) is 5.32 Å². The van der Waals surface area contributed by atoms with Gasteiger partial charge in [0.05, 0.1) is 12.7 Å². The minimum atomic E-state index is -0.726. The number of halogens is 1. The fourth-order valence-electron chi connectivity index (χ4n) is 2.57. The summed E-state index contributed by atoms with van der Waals surface area (Å²) in [6.45, 7) is 7.18. The first-order valence-electron chi connectivity index (χ1n) is 8.16. The summed E-state index contributed by atoms with van der Waals surface area (Å²) >= 11 is 6.15. The van der Waals surface area contributed by atoms with Gasteiger partial charge < -0.3 is 14.8 Å². The van der Waals surface area contributed by atoms with Crippen molar-refractivity contribution in [1.82, 2.24) is 0 Å². The van der Waals surface area contributed by atoms with Gasteiger partial charge in [0.25, 0.3) is 5.91 Å². The second-order valence-electron chi connectivity index (χ2n) is 6.09. The van der Waals surface area contributed by atoms with Gasteiger partial charge in [0.1, 0.15) is 5.75 Å². The van der Waals surface area contributed by atoms with Gasteiger partial charge in [-0.1, -0.05) is 17.7 Å². The monoisotopic (exact) mass is 375 g/mol. The number of esters is 1. The molecule has 138 valence electrons. The van der Waals surface area contributed by atoms with Gasteiger partial charge >= 0.3 is 5.97 Å². The van der Waals surface area contributed by atoms with Crippen molar-refractivity contribution >= 4 is 29.2 Å². The Morgan fingerprint density at radius 1 is 1.12 bits per heavy atom. The Labute approximate surface area is 158 Å². The molecule has 0 aliphatic heterocycles. The van der Waals surface area contributed by atoms with Crippen molar-refractivity contribution in [1.29, 1.82) is 0 Å². The van der Waals surface area contributed by atoms with Crippen LogP contribution in [0.2, 0.25) is 5.02 Å². The number of anilines is 1. The smallest absolute Gasteiger partial charge is 0.338 e. The van der Waals surface area contributed by atoms with Gasteiger partial charge in [0.15, 0.2) is 6.10 Å². The highest BCUT2D eigenvalue weighted by Gasteiger charge is 2.18. The van der Waals surface area contributed by atoms with Crippen LogP contribution in [0.4, 0.5) is 5.69 Å². The Balaban J connectivity index is 2.14. The van der Waals surface area contributed by atoms with Crippen LogP contribution in [0.15, 0.2) is 30.3 Å². The molecule has 1 N–H and O–H groups in total. The molecular weight excluding hydrogens is 354 g/mol. The summed E-state index contributed by atoms with van der Waals surface area (Å²) in [6.07, 6.45) is -0.726. The van der Waals surface area contributed by atoms with E-state index in [4.69, 9.17) is 21.1 Å². The molecule has 0 aromatic heterocycles. The number of hydrogen-bond donors (Lipinski definition) is 1. The third-order valence-corrected chi connectivity index (χ3v) is 4.69. The average Bonchev–Trinajstić information content (AvgIpc) is 2.60. The van der Waals surface area contributed by atoms with Crippen molar-refractivity contribution in [3.63, 3.8) is 0 Å². The molecule has 6 heteroatoms. The lowest BCUT2D eigenvalue weighted by Gasteiger charge is -2.17. The predicted molar refractivity (Wildman–Crippen MR) is 102 cm³/mol. The van der Waals surface area contributed by atoms with Crippen LogP contribution in [0, 0.1) is 20.8 Å². The summed E-state index contributed by atoms with van der Waals surface area (Å²) in [6, 6.07) is 8.65. The molecule has 0 radical (unpaired) electrons. The number of carbonyl (C=O) groups excluding carboxylic acids is 2. The van der Waals surface area contributed by atoms with Gasteiger partial charge in [-0.3, -0.25) is 4.79 Å². The van der Waals surface area contributed by atoms with E-state index in [0.717, 1.165) is 11.1 Å². The quantitative estimate of drug-likeness (QED) is 0.784. The molecule has 0 heterocycles. The number of hydrogen-bond acceptors (Lipinski definition) is 4. The number of carbonyl (C=O) groups is 2. The molecule has 2 rings (SSSR count). The lowest BCUT2D eigenvalue weighted by atomic mass is 10.1. The van der Waals surface area contributed by atoms with Gasteiger partial charge in [-0.05, 0) is 68.7 Å². The fourth-order valence-corrected chi connectivity index (χ4v) is 2.68. The predicted octanol–water partition coefficient (Wildman–Crippen LogP) is 4.46. The second kappa shape index (κ2) is 8.23. The van der Waals surface area contributed by atoms with E-state index in [9.17, 15) is 9.59 Å². The third-order valence-electron chi connectivity index (χ3n) is 4.09.